The van der Waals surface area contributed by atoms with Gasteiger partial charge < -0.3 is 10.1 Å². The minimum atomic E-state index is 0.382. The standard InChI is InChI=1S/C16H26N2O/c1-3-9-17-12-14-11-15(8-10-18-14)19-16-7-5-4-6-13(16)2/h8,10-11,13,16-17H,3-7,9,12H2,1-2H3. The summed E-state index contributed by atoms with van der Waals surface area (Å²) >= 11 is 0. The largest absolute Gasteiger partial charge is 0.490 e. The molecule has 1 heterocycles. The molecule has 1 aliphatic rings. The van der Waals surface area contributed by atoms with E-state index in [0.29, 0.717) is 12.0 Å². The van der Waals surface area contributed by atoms with Crippen molar-refractivity contribution in [3.05, 3.63) is 24.0 Å². The summed E-state index contributed by atoms with van der Waals surface area (Å²) in [6.45, 7) is 6.33. The Balaban J connectivity index is 1.90. The summed E-state index contributed by atoms with van der Waals surface area (Å²) in [7, 11) is 0. The van der Waals surface area contributed by atoms with Crippen molar-refractivity contribution < 1.29 is 4.74 Å². The molecule has 0 amide bonds. The van der Waals surface area contributed by atoms with Gasteiger partial charge in [0.1, 0.15) is 11.9 Å². The summed E-state index contributed by atoms with van der Waals surface area (Å²) in [5.41, 5.74) is 1.06. The second-order valence-corrected chi connectivity index (χ2v) is 5.58. The molecule has 0 aromatic carbocycles. The minimum Gasteiger partial charge on any atom is -0.490 e. The van der Waals surface area contributed by atoms with E-state index in [4.69, 9.17) is 4.74 Å². The maximum absolute atomic E-state index is 6.15. The summed E-state index contributed by atoms with van der Waals surface area (Å²) in [5.74, 6) is 1.64. The van der Waals surface area contributed by atoms with E-state index >= 15 is 0 Å². The van der Waals surface area contributed by atoms with Crippen LogP contribution in [0.2, 0.25) is 0 Å². The first-order valence-corrected chi connectivity index (χ1v) is 7.62. The second kappa shape index (κ2) is 7.49. The molecule has 3 heteroatoms. The zero-order chi connectivity index (χ0) is 13.5. The maximum atomic E-state index is 6.15. The predicted molar refractivity (Wildman–Crippen MR) is 78.3 cm³/mol. The van der Waals surface area contributed by atoms with Gasteiger partial charge in [0.25, 0.3) is 0 Å². The van der Waals surface area contributed by atoms with E-state index in [1.165, 1.54) is 25.7 Å². The molecule has 3 nitrogen and oxygen atoms in total. The Hall–Kier alpha value is -1.09. The third-order valence-corrected chi connectivity index (χ3v) is 3.84. The number of nitrogens with zero attached hydrogens (tertiary/aromatic N) is 1. The molecule has 19 heavy (non-hydrogen) atoms. The minimum absolute atomic E-state index is 0.382. The molecule has 1 aromatic rings. The number of rotatable bonds is 6. The van der Waals surface area contributed by atoms with Crippen molar-refractivity contribution in [2.45, 2.75) is 58.6 Å². The fraction of sp³-hybridized carbons (Fsp3) is 0.688. The summed E-state index contributed by atoms with van der Waals surface area (Å²) in [5, 5.41) is 3.37. The van der Waals surface area contributed by atoms with Crippen molar-refractivity contribution in [1.82, 2.24) is 10.3 Å². The molecule has 1 saturated carbocycles. The average Bonchev–Trinajstić information content (AvgIpc) is 2.42. The fourth-order valence-corrected chi connectivity index (χ4v) is 2.65. The molecule has 0 radical (unpaired) electrons. The van der Waals surface area contributed by atoms with Gasteiger partial charge >= 0.3 is 0 Å². The predicted octanol–water partition coefficient (Wildman–Crippen LogP) is 3.54. The summed E-state index contributed by atoms with van der Waals surface area (Å²) in [4.78, 5) is 4.38. The molecule has 0 saturated heterocycles. The average molecular weight is 262 g/mol. The van der Waals surface area contributed by atoms with Gasteiger partial charge in [-0.3, -0.25) is 4.98 Å². The van der Waals surface area contributed by atoms with Gasteiger partial charge in [-0.15, -0.1) is 0 Å². The first-order chi connectivity index (χ1) is 9.29. The van der Waals surface area contributed by atoms with Crippen LogP contribution < -0.4 is 10.1 Å². The first-order valence-electron chi connectivity index (χ1n) is 7.62. The highest BCUT2D eigenvalue weighted by molar-refractivity contribution is 5.23. The SMILES string of the molecule is CCCNCc1cc(OC2CCCCC2C)ccn1. The Morgan fingerprint density at radius 2 is 2.21 bits per heavy atom. The van der Waals surface area contributed by atoms with Crippen molar-refractivity contribution in [2.75, 3.05) is 6.54 Å². The van der Waals surface area contributed by atoms with Gasteiger partial charge in [-0.05, 0) is 44.2 Å². The molecule has 0 aliphatic heterocycles. The van der Waals surface area contributed by atoms with E-state index in [0.717, 1.165) is 31.0 Å². The summed E-state index contributed by atoms with van der Waals surface area (Å²) in [6, 6.07) is 4.05. The van der Waals surface area contributed by atoms with Crippen molar-refractivity contribution in [3.8, 4) is 5.75 Å². The van der Waals surface area contributed by atoms with Gasteiger partial charge in [-0.1, -0.05) is 20.3 Å². The number of aromatic nitrogens is 1. The maximum Gasteiger partial charge on any atom is 0.123 e. The van der Waals surface area contributed by atoms with Crippen LogP contribution in [-0.4, -0.2) is 17.6 Å². The highest BCUT2D eigenvalue weighted by Crippen LogP contribution is 2.28. The topological polar surface area (TPSA) is 34.1 Å². The molecule has 1 N–H and O–H groups in total. The molecule has 2 rings (SSSR count). The highest BCUT2D eigenvalue weighted by atomic mass is 16.5. The summed E-state index contributed by atoms with van der Waals surface area (Å²) in [6.07, 6.45) is 8.51. The van der Waals surface area contributed by atoms with Crippen molar-refractivity contribution in [1.29, 1.82) is 0 Å². The Morgan fingerprint density at radius 3 is 3.00 bits per heavy atom. The van der Waals surface area contributed by atoms with Crippen molar-refractivity contribution in [3.63, 3.8) is 0 Å². The first kappa shape index (κ1) is 14.3. The van der Waals surface area contributed by atoms with Crippen LogP contribution in [0.5, 0.6) is 5.75 Å². The monoisotopic (exact) mass is 262 g/mol. The van der Waals surface area contributed by atoms with E-state index in [1.807, 2.05) is 12.3 Å². The molecule has 1 fully saturated rings. The lowest BCUT2D eigenvalue weighted by Gasteiger charge is -2.29. The van der Waals surface area contributed by atoms with E-state index in [9.17, 15) is 0 Å². The third kappa shape index (κ3) is 4.50. The molecular formula is C16H26N2O. The molecule has 2 atom stereocenters. The highest BCUT2D eigenvalue weighted by Gasteiger charge is 2.22. The number of pyridine rings is 1. The molecule has 1 aromatic heterocycles. The Kier molecular flexibility index (Phi) is 5.64. The van der Waals surface area contributed by atoms with Gasteiger partial charge in [-0.2, -0.15) is 0 Å². The van der Waals surface area contributed by atoms with Crippen LogP contribution in [-0.2, 0) is 6.54 Å². The van der Waals surface area contributed by atoms with Crippen LogP contribution in [0.3, 0.4) is 0 Å². The second-order valence-electron chi connectivity index (χ2n) is 5.58. The quantitative estimate of drug-likeness (QED) is 0.796. The number of hydrogen-bond acceptors (Lipinski definition) is 3. The summed E-state index contributed by atoms with van der Waals surface area (Å²) < 4.78 is 6.15. The third-order valence-electron chi connectivity index (χ3n) is 3.84. The van der Waals surface area contributed by atoms with Gasteiger partial charge in [-0.25, -0.2) is 0 Å². The van der Waals surface area contributed by atoms with Crippen LogP contribution in [0, 0.1) is 5.92 Å². The molecule has 0 spiro atoms. The number of nitrogens with one attached hydrogen (secondary N) is 1. The van der Waals surface area contributed by atoms with Crippen LogP contribution in [0.25, 0.3) is 0 Å². The Morgan fingerprint density at radius 1 is 1.37 bits per heavy atom. The van der Waals surface area contributed by atoms with Crippen LogP contribution >= 0.6 is 0 Å². The van der Waals surface area contributed by atoms with E-state index in [2.05, 4.69) is 30.2 Å². The molecular weight excluding hydrogens is 236 g/mol. The van der Waals surface area contributed by atoms with Gasteiger partial charge in [0.15, 0.2) is 0 Å². The normalized spacial score (nSPS) is 23.3. The van der Waals surface area contributed by atoms with Gasteiger partial charge in [0, 0.05) is 18.8 Å². The smallest absolute Gasteiger partial charge is 0.123 e. The zero-order valence-corrected chi connectivity index (χ0v) is 12.2. The van der Waals surface area contributed by atoms with Crippen molar-refractivity contribution in [2.24, 2.45) is 5.92 Å². The van der Waals surface area contributed by atoms with Crippen LogP contribution in [0.4, 0.5) is 0 Å². The molecule has 0 bridgehead atoms. The fourth-order valence-electron chi connectivity index (χ4n) is 2.65. The molecule has 106 valence electrons. The lowest BCUT2D eigenvalue weighted by Crippen LogP contribution is -2.28. The zero-order valence-electron chi connectivity index (χ0n) is 12.2. The van der Waals surface area contributed by atoms with Crippen molar-refractivity contribution >= 4 is 0 Å². The van der Waals surface area contributed by atoms with Gasteiger partial charge in [0.05, 0.1) is 5.69 Å². The lowest BCUT2D eigenvalue weighted by atomic mass is 9.88. The van der Waals surface area contributed by atoms with E-state index in [1.54, 1.807) is 0 Å². The van der Waals surface area contributed by atoms with Gasteiger partial charge in [0.2, 0.25) is 0 Å². The van der Waals surface area contributed by atoms with Crippen LogP contribution in [0.1, 0.15) is 51.6 Å². The Labute approximate surface area is 116 Å². The lowest BCUT2D eigenvalue weighted by molar-refractivity contribution is 0.102. The van der Waals surface area contributed by atoms with Crippen LogP contribution in [0.15, 0.2) is 18.3 Å². The number of hydrogen-bond donors (Lipinski definition) is 1. The Bertz CT molecular complexity index is 381. The molecule has 1 aliphatic carbocycles. The number of ether oxygens (including phenoxy) is 1. The van der Waals surface area contributed by atoms with E-state index < -0.39 is 0 Å². The molecule has 2 unspecified atom stereocenters. The van der Waals surface area contributed by atoms with E-state index in [-0.39, 0.29) is 0 Å².